The quantitative estimate of drug-likeness (QED) is 0.669. The third-order valence-electron chi connectivity index (χ3n) is 3.20. The van der Waals surface area contributed by atoms with Crippen molar-refractivity contribution in [3.8, 4) is 0 Å². The van der Waals surface area contributed by atoms with Gasteiger partial charge in [-0.25, -0.2) is 12.7 Å². The summed E-state index contributed by atoms with van der Waals surface area (Å²) in [5.74, 6) is 0.796. The predicted molar refractivity (Wildman–Crippen MR) is 80.8 cm³/mol. The summed E-state index contributed by atoms with van der Waals surface area (Å²) in [6.07, 6.45) is 3.13. The molecule has 1 saturated heterocycles. The molecule has 2 N–H and O–H groups in total. The molecule has 0 saturated carbocycles. The normalized spacial score (nSPS) is 17.5. The van der Waals surface area contributed by atoms with Gasteiger partial charge in [-0.1, -0.05) is 6.42 Å². The molecule has 4 nitrogen and oxygen atoms in total. The Balaban J connectivity index is 1.82. The Morgan fingerprint density at radius 2 is 1.74 bits per heavy atom. The minimum absolute atomic E-state index is 0.210. The number of nitrogen functional groups attached to an aromatic ring is 1. The van der Waals surface area contributed by atoms with Crippen LogP contribution in [0.15, 0.2) is 29.2 Å². The fourth-order valence-corrected chi connectivity index (χ4v) is 4.91. The summed E-state index contributed by atoms with van der Waals surface area (Å²) in [7, 11) is -3.07. The van der Waals surface area contributed by atoms with Crippen molar-refractivity contribution in [3.05, 3.63) is 24.3 Å². The first-order valence-corrected chi connectivity index (χ1v) is 9.13. The van der Waals surface area contributed by atoms with E-state index in [0.29, 0.717) is 18.8 Å². The van der Waals surface area contributed by atoms with Crippen molar-refractivity contribution in [2.75, 3.05) is 30.3 Å². The van der Waals surface area contributed by atoms with Gasteiger partial charge in [0, 0.05) is 29.4 Å². The largest absolute Gasteiger partial charge is 0.399 e. The van der Waals surface area contributed by atoms with E-state index in [1.807, 2.05) is 24.3 Å². The van der Waals surface area contributed by atoms with Crippen molar-refractivity contribution >= 4 is 27.5 Å². The minimum Gasteiger partial charge on any atom is -0.399 e. The average Bonchev–Trinajstić information content (AvgIpc) is 2.42. The standard InChI is InChI=1S/C13H20N2O2S2/c14-12-4-6-13(7-5-12)18-10-11-19(16,17)15-8-2-1-3-9-15/h4-7H,1-3,8-11,14H2. The zero-order chi connectivity index (χ0) is 13.7. The lowest BCUT2D eigenvalue weighted by molar-refractivity contribution is 0.347. The maximum atomic E-state index is 12.1. The van der Waals surface area contributed by atoms with Crippen LogP contribution in [-0.2, 0) is 10.0 Å². The zero-order valence-electron chi connectivity index (χ0n) is 10.9. The molecule has 1 aromatic rings. The van der Waals surface area contributed by atoms with E-state index in [0.717, 1.165) is 29.8 Å². The Morgan fingerprint density at radius 3 is 2.37 bits per heavy atom. The summed E-state index contributed by atoms with van der Waals surface area (Å²) in [5, 5.41) is 0. The van der Waals surface area contributed by atoms with Crippen LogP contribution in [0.3, 0.4) is 0 Å². The van der Waals surface area contributed by atoms with Crippen molar-refractivity contribution < 1.29 is 8.42 Å². The van der Waals surface area contributed by atoms with Gasteiger partial charge in [0.1, 0.15) is 0 Å². The molecule has 1 aliphatic heterocycles. The summed E-state index contributed by atoms with van der Waals surface area (Å²) >= 11 is 1.56. The Bertz CT molecular complexity index is 494. The molecule has 6 heteroatoms. The van der Waals surface area contributed by atoms with Gasteiger partial charge in [-0.3, -0.25) is 0 Å². The Morgan fingerprint density at radius 1 is 1.11 bits per heavy atom. The van der Waals surface area contributed by atoms with E-state index >= 15 is 0 Å². The number of nitrogens with two attached hydrogens (primary N) is 1. The Labute approximate surface area is 119 Å². The fourth-order valence-electron chi connectivity index (χ4n) is 2.10. The van der Waals surface area contributed by atoms with Gasteiger partial charge in [-0.15, -0.1) is 11.8 Å². The summed E-state index contributed by atoms with van der Waals surface area (Å²) in [5.41, 5.74) is 6.34. The monoisotopic (exact) mass is 300 g/mol. The van der Waals surface area contributed by atoms with Crippen LogP contribution in [0.4, 0.5) is 5.69 Å². The molecule has 1 aromatic carbocycles. The molecule has 1 aliphatic rings. The molecule has 1 fully saturated rings. The van der Waals surface area contributed by atoms with Gasteiger partial charge in [-0.2, -0.15) is 0 Å². The predicted octanol–water partition coefficient (Wildman–Crippen LogP) is 2.18. The van der Waals surface area contributed by atoms with E-state index in [1.54, 1.807) is 16.1 Å². The molecule has 2 rings (SSSR count). The number of sulfonamides is 1. The lowest BCUT2D eigenvalue weighted by Gasteiger charge is -2.25. The summed E-state index contributed by atoms with van der Waals surface area (Å²) in [4.78, 5) is 1.06. The first-order valence-electron chi connectivity index (χ1n) is 6.54. The molecule has 106 valence electrons. The lowest BCUT2D eigenvalue weighted by atomic mass is 10.2. The third kappa shape index (κ3) is 4.40. The van der Waals surface area contributed by atoms with Gasteiger partial charge in [0.2, 0.25) is 10.0 Å². The highest BCUT2D eigenvalue weighted by Crippen LogP contribution is 2.21. The minimum atomic E-state index is -3.07. The zero-order valence-corrected chi connectivity index (χ0v) is 12.5. The smallest absolute Gasteiger partial charge is 0.214 e. The van der Waals surface area contributed by atoms with Crippen molar-refractivity contribution in [3.63, 3.8) is 0 Å². The van der Waals surface area contributed by atoms with E-state index in [9.17, 15) is 8.42 Å². The first-order chi connectivity index (χ1) is 9.08. The van der Waals surface area contributed by atoms with E-state index < -0.39 is 10.0 Å². The van der Waals surface area contributed by atoms with E-state index in [1.165, 1.54) is 0 Å². The Hall–Kier alpha value is -0.720. The maximum Gasteiger partial charge on any atom is 0.214 e. The van der Waals surface area contributed by atoms with Crippen LogP contribution < -0.4 is 5.73 Å². The topological polar surface area (TPSA) is 63.4 Å². The lowest BCUT2D eigenvalue weighted by Crippen LogP contribution is -2.37. The molecule has 0 radical (unpaired) electrons. The molecule has 0 spiro atoms. The van der Waals surface area contributed by atoms with Gasteiger partial charge < -0.3 is 5.73 Å². The number of piperidine rings is 1. The van der Waals surface area contributed by atoms with E-state index in [2.05, 4.69) is 0 Å². The molecule has 19 heavy (non-hydrogen) atoms. The SMILES string of the molecule is Nc1ccc(SCCS(=O)(=O)N2CCCCC2)cc1. The number of benzene rings is 1. The van der Waals surface area contributed by atoms with Gasteiger partial charge in [0.15, 0.2) is 0 Å². The molecule has 0 atom stereocenters. The molecule has 0 aliphatic carbocycles. The third-order valence-corrected chi connectivity index (χ3v) is 6.34. The molecule has 0 amide bonds. The average molecular weight is 300 g/mol. The molecular formula is C13H20N2O2S2. The number of hydrogen-bond acceptors (Lipinski definition) is 4. The van der Waals surface area contributed by atoms with Crippen molar-refractivity contribution in [1.29, 1.82) is 0 Å². The summed E-state index contributed by atoms with van der Waals surface area (Å²) in [6.45, 7) is 1.38. The Kier molecular flexibility index (Phi) is 5.13. The fraction of sp³-hybridized carbons (Fsp3) is 0.538. The molecule has 0 bridgehead atoms. The van der Waals surface area contributed by atoms with Gasteiger partial charge >= 0.3 is 0 Å². The van der Waals surface area contributed by atoms with Crippen LogP contribution in [0.2, 0.25) is 0 Å². The molecular weight excluding hydrogens is 280 g/mol. The number of thioether (sulfide) groups is 1. The summed E-state index contributed by atoms with van der Waals surface area (Å²) in [6, 6.07) is 7.52. The van der Waals surface area contributed by atoms with Crippen LogP contribution in [0.5, 0.6) is 0 Å². The van der Waals surface area contributed by atoms with Crippen LogP contribution in [0.1, 0.15) is 19.3 Å². The van der Waals surface area contributed by atoms with Crippen molar-refractivity contribution in [2.24, 2.45) is 0 Å². The van der Waals surface area contributed by atoms with E-state index in [-0.39, 0.29) is 5.75 Å². The number of anilines is 1. The second kappa shape index (κ2) is 6.63. The second-order valence-corrected chi connectivity index (χ2v) is 7.95. The first kappa shape index (κ1) is 14.7. The molecule has 1 heterocycles. The van der Waals surface area contributed by atoms with Crippen LogP contribution in [0.25, 0.3) is 0 Å². The number of rotatable bonds is 5. The number of hydrogen-bond donors (Lipinski definition) is 1. The van der Waals surface area contributed by atoms with Gasteiger partial charge in [0.25, 0.3) is 0 Å². The summed E-state index contributed by atoms with van der Waals surface area (Å²) < 4.78 is 25.9. The van der Waals surface area contributed by atoms with Gasteiger partial charge in [-0.05, 0) is 37.1 Å². The maximum absolute atomic E-state index is 12.1. The highest BCUT2D eigenvalue weighted by Gasteiger charge is 2.23. The second-order valence-electron chi connectivity index (χ2n) is 4.69. The van der Waals surface area contributed by atoms with Gasteiger partial charge in [0.05, 0.1) is 5.75 Å². The highest BCUT2D eigenvalue weighted by molar-refractivity contribution is 8.00. The number of nitrogens with zero attached hydrogens (tertiary/aromatic N) is 1. The van der Waals surface area contributed by atoms with Crippen LogP contribution in [0, 0.1) is 0 Å². The van der Waals surface area contributed by atoms with Crippen LogP contribution in [-0.4, -0.2) is 37.3 Å². The van der Waals surface area contributed by atoms with Crippen molar-refractivity contribution in [1.82, 2.24) is 4.31 Å². The molecule has 0 unspecified atom stereocenters. The highest BCUT2D eigenvalue weighted by atomic mass is 32.2. The van der Waals surface area contributed by atoms with Crippen molar-refractivity contribution in [2.45, 2.75) is 24.2 Å². The van der Waals surface area contributed by atoms with E-state index in [4.69, 9.17) is 5.73 Å². The van der Waals surface area contributed by atoms with Crippen LogP contribution >= 0.6 is 11.8 Å². The molecule has 0 aromatic heterocycles.